The van der Waals surface area contributed by atoms with E-state index in [-0.39, 0.29) is 25.8 Å². The van der Waals surface area contributed by atoms with Crippen molar-refractivity contribution in [3.8, 4) is 0 Å². The van der Waals surface area contributed by atoms with Crippen LogP contribution in [0.1, 0.15) is 290 Å². The van der Waals surface area contributed by atoms with Gasteiger partial charge in [0.1, 0.15) is 19.3 Å². The monoisotopic (exact) mass is 931 g/mol. The molecule has 1 N–H and O–H groups in total. The zero-order chi connectivity index (χ0) is 46.9. The third-order valence-electron chi connectivity index (χ3n) is 12.9. The summed E-state index contributed by atoms with van der Waals surface area (Å²) in [6, 6.07) is 0. The molecule has 64 heavy (non-hydrogen) atoms. The first-order valence-electron chi connectivity index (χ1n) is 28.3. The van der Waals surface area contributed by atoms with Crippen LogP contribution in [0, 0.1) is 0 Å². The van der Waals surface area contributed by atoms with Gasteiger partial charge in [-0.25, -0.2) is 4.57 Å². The van der Waals surface area contributed by atoms with E-state index in [1.165, 1.54) is 238 Å². The van der Waals surface area contributed by atoms with Crippen molar-refractivity contribution < 1.29 is 37.3 Å². The number of carbonyl (C=O) groups excluding carboxylic acids is 1. The Morgan fingerprint density at radius 1 is 0.422 bits per heavy atom. The maximum absolute atomic E-state index is 12.8. The second-order valence-electron chi connectivity index (χ2n) is 20.7. The minimum absolute atomic E-state index is 0.0944. The van der Waals surface area contributed by atoms with Gasteiger partial charge in [-0.3, -0.25) is 13.8 Å². The number of nitrogens with zero attached hydrogens (tertiary/aromatic N) is 1. The lowest BCUT2D eigenvalue weighted by atomic mass is 10.0. The second-order valence-corrected chi connectivity index (χ2v) is 22.1. The molecule has 0 aliphatic rings. The summed E-state index contributed by atoms with van der Waals surface area (Å²) in [5.41, 5.74) is 0. The molecule has 2 atom stereocenters. The Bertz CT molecular complexity index is 992. The second kappa shape index (κ2) is 48.9. The summed E-state index contributed by atoms with van der Waals surface area (Å²) in [6.45, 7) is 5.71. The van der Waals surface area contributed by atoms with E-state index in [2.05, 4.69) is 13.8 Å². The van der Waals surface area contributed by atoms with Crippen molar-refractivity contribution >= 4 is 13.8 Å². The van der Waals surface area contributed by atoms with Crippen LogP contribution in [-0.2, 0) is 27.9 Å². The van der Waals surface area contributed by atoms with Gasteiger partial charge in [0.25, 0.3) is 0 Å². The molecule has 0 radical (unpaired) electrons. The number of carbonyl (C=O) groups is 1. The predicted molar refractivity (Wildman–Crippen MR) is 275 cm³/mol. The topological polar surface area (TPSA) is 91.3 Å². The maximum atomic E-state index is 12.8. The Morgan fingerprint density at radius 3 is 1.03 bits per heavy atom. The third kappa shape index (κ3) is 52.5. The van der Waals surface area contributed by atoms with Gasteiger partial charge < -0.3 is 18.9 Å². The molecule has 0 saturated heterocycles. The number of phosphoric acid groups is 1. The molecule has 0 bridgehead atoms. The van der Waals surface area contributed by atoms with Crippen molar-refractivity contribution in [1.82, 2.24) is 0 Å². The number of ether oxygens (including phenoxy) is 2. The maximum Gasteiger partial charge on any atom is 0.472 e. The van der Waals surface area contributed by atoms with E-state index in [4.69, 9.17) is 18.5 Å². The molecule has 0 rings (SSSR count). The van der Waals surface area contributed by atoms with Crippen molar-refractivity contribution in [2.75, 3.05) is 54.1 Å². The Hall–Kier alpha value is -0.500. The van der Waals surface area contributed by atoms with Crippen LogP contribution in [0.15, 0.2) is 0 Å². The Labute approximate surface area is 399 Å². The Balaban J connectivity index is 3.99. The minimum Gasteiger partial charge on any atom is -0.457 e. The molecule has 0 aromatic heterocycles. The molecule has 0 heterocycles. The van der Waals surface area contributed by atoms with E-state index in [9.17, 15) is 14.3 Å². The van der Waals surface area contributed by atoms with Gasteiger partial charge in [-0.2, -0.15) is 0 Å². The normalized spacial score (nSPS) is 13.4. The van der Waals surface area contributed by atoms with E-state index >= 15 is 0 Å². The first-order valence-corrected chi connectivity index (χ1v) is 29.8. The van der Waals surface area contributed by atoms with Crippen molar-refractivity contribution in [2.24, 2.45) is 0 Å². The first-order chi connectivity index (χ1) is 31.1. The minimum atomic E-state index is -4.27. The van der Waals surface area contributed by atoms with Gasteiger partial charge in [0.05, 0.1) is 34.4 Å². The standard InChI is InChI=1S/C55H112NO7P/c1-6-8-10-12-14-16-18-20-22-24-25-26-27-28-29-30-31-33-35-37-39-41-43-45-47-50-60-52-54(53-62-64(58,59)61-51-49-56(3,4)5)63-55(57)48-46-44-42-40-38-36-34-32-23-21-19-17-15-13-11-9-7-2/h54H,6-53H2,1-5H3/p+1. The molecule has 0 spiro atoms. The summed E-state index contributed by atoms with van der Waals surface area (Å²) < 4.78 is 35.2. The van der Waals surface area contributed by atoms with Gasteiger partial charge in [-0.1, -0.05) is 271 Å². The van der Waals surface area contributed by atoms with Crippen molar-refractivity contribution in [3.63, 3.8) is 0 Å². The average Bonchev–Trinajstić information content (AvgIpc) is 3.25. The third-order valence-corrected chi connectivity index (χ3v) is 13.9. The SMILES string of the molecule is CCCCCCCCCCCCCCCCCCCCCCCCCCCOCC(COP(=O)(O)OCC[N+](C)(C)C)OC(=O)CCCCCCCCCCCCCCCCCCC. The highest BCUT2D eigenvalue weighted by molar-refractivity contribution is 7.47. The van der Waals surface area contributed by atoms with Crippen molar-refractivity contribution in [1.29, 1.82) is 0 Å². The summed E-state index contributed by atoms with van der Waals surface area (Å²) in [5, 5.41) is 0. The van der Waals surface area contributed by atoms with Gasteiger partial charge in [0, 0.05) is 13.0 Å². The molecule has 0 amide bonds. The molecule has 0 aliphatic carbocycles. The largest absolute Gasteiger partial charge is 0.472 e. The van der Waals surface area contributed by atoms with E-state index in [0.717, 1.165) is 32.1 Å². The highest BCUT2D eigenvalue weighted by Crippen LogP contribution is 2.43. The van der Waals surface area contributed by atoms with E-state index < -0.39 is 13.9 Å². The fourth-order valence-electron chi connectivity index (χ4n) is 8.56. The summed E-state index contributed by atoms with van der Waals surface area (Å²) in [6.07, 6.45) is 55.9. The number of quaternary nitrogens is 1. The van der Waals surface area contributed by atoms with E-state index in [0.29, 0.717) is 24.1 Å². The fourth-order valence-corrected chi connectivity index (χ4v) is 9.30. The van der Waals surface area contributed by atoms with Crippen LogP contribution < -0.4 is 0 Å². The molecule has 0 saturated carbocycles. The lowest BCUT2D eigenvalue weighted by Gasteiger charge is -2.24. The van der Waals surface area contributed by atoms with Crippen LogP contribution in [0.25, 0.3) is 0 Å². The molecule has 9 heteroatoms. The number of hydrogen-bond acceptors (Lipinski definition) is 6. The molecule has 8 nitrogen and oxygen atoms in total. The summed E-state index contributed by atoms with van der Waals surface area (Å²) in [4.78, 5) is 23.0. The number of esters is 1. The number of unbranched alkanes of at least 4 members (excludes halogenated alkanes) is 40. The smallest absolute Gasteiger partial charge is 0.457 e. The summed E-state index contributed by atoms with van der Waals surface area (Å²) >= 11 is 0. The lowest BCUT2D eigenvalue weighted by Crippen LogP contribution is -2.37. The molecular formula is C55H113NO7P+. The molecule has 2 unspecified atom stereocenters. The molecule has 384 valence electrons. The molecular weight excluding hydrogens is 818 g/mol. The van der Waals surface area contributed by atoms with Gasteiger partial charge >= 0.3 is 13.8 Å². The van der Waals surface area contributed by atoms with Gasteiger partial charge in [-0.15, -0.1) is 0 Å². The molecule has 0 aliphatic heterocycles. The van der Waals surface area contributed by atoms with Crippen molar-refractivity contribution in [2.45, 2.75) is 296 Å². The van der Waals surface area contributed by atoms with Crippen molar-refractivity contribution in [3.05, 3.63) is 0 Å². The van der Waals surface area contributed by atoms with Crippen LogP contribution >= 0.6 is 7.82 Å². The zero-order valence-corrected chi connectivity index (χ0v) is 44.7. The number of hydrogen-bond donors (Lipinski definition) is 1. The molecule has 0 aromatic carbocycles. The van der Waals surface area contributed by atoms with E-state index in [1.807, 2.05) is 21.1 Å². The Morgan fingerprint density at radius 2 is 0.719 bits per heavy atom. The summed E-state index contributed by atoms with van der Waals surface area (Å²) in [7, 11) is 1.69. The number of rotatable bonds is 54. The molecule has 0 fully saturated rings. The lowest BCUT2D eigenvalue weighted by molar-refractivity contribution is -0.870. The predicted octanol–water partition coefficient (Wildman–Crippen LogP) is 17.6. The van der Waals surface area contributed by atoms with Gasteiger partial charge in [0.15, 0.2) is 0 Å². The van der Waals surface area contributed by atoms with Crippen LogP contribution in [0.4, 0.5) is 0 Å². The van der Waals surface area contributed by atoms with Crippen LogP contribution in [0.3, 0.4) is 0 Å². The van der Waals surface area contributed by atoms with Gasteiger partial charge in [-0.05, 0) is 12.8 Å². The van der Waals surface area contributed by atoms with Gasteiger partial charge in [0.2, 0.25) is 0 Å². The zero-order valence-electron chi connectivity index (χ0n) is 43.8. The van der Waals surface area contributed by atoms with Crippen LogP contribution in [0.5, 0.6) is 0 Å². The highest BCUT2D eigenvalue weighted by atomic mass is 31.2. The number of likely N-dealkylation sites (N-methyl/N-ethyl adjacent to an activating group) is 1. The van der Waals surface area contributed by atoms with Crippen LogP contribution in [0.2, 0.25) is 0 Å². The van der Waals surface area contributed by atoms with E-state index in [1.54, 1.807) is 0 Å². The first kappa shape index (κ1) is 63.5. The summed E-state index contributed by atoms with van der Waals surface area (Å²) in [5.74, 6) is -0.304. The molecule has 0 aromatic rings. The highest BCUT2D eigenvalue weighted by Gasteiger charge is 2.26. The quantitative estimate of drug-likeness (QED) is 0.0281. The Kier molecular flexibility index (Phi) is 48.6. The number of phosphoric ester groups is 1. The average molecular weight is 931 g/mol. The van der Waals surface area contributed by atoms with Crippen LogP contribution in [-0.4, -0.2) is 75.6 Å². The fraction of sp³-hybridized carbons (Fsp3) is 0.982.